The third-order valence-electron chi connectivity index (χ3n) is 2.96. The summed E-state index contributed by atoms with van der Waals surface area (Å²) in [6.07, 6.45) is 0.704. The van der Waals surface area contributed by atoms with Crippen LogP contribution in [0.4, 0.5) is 16.3 Å². The van der Waals surface area contributed by atoms with Crippen molar-refractivity contribution in [3.63, 3.8) is 0 Å². The fourth-order valence-electron chi connectivity index (χ4n) is 1.94. The molecule has 128 valence electrons. The van der Waals surface area contributed by atoms with Gasteiger partial charge in [0.15, 0.2) is 5.82 Å². The maximum atomic E-state index is 12.1. The smallest absolute Gasteiger partial charge is 0.412 e. The second-order valence-electron chi connectivity index (χ2n) is 4.86. The molecule has 9 heteroatoms. The van der Waals surface area contributed by atoms with Crippen molar-refractivity contribution in [1.82, 2.24) is 15.0 Å². The monoisotopic (exact) mass is 333 g/mol. The van der Waals surface area contributed by atoms with Crippen molar-refractivity contribution in [2.24, 2.45) is 0 Å². The number of nitrogens with zero attached hydrogens (tertiary/aromatic N) is 3. The van der Waals surface area contributed by atoms with Gasteiger partial charge in [-0.1, -0.05) is 6.07 Å². The Hall–Kier alpha value is -3.10. The van der Waals surface area contributed by atoms with E-state index in [1.165, 1.54) is 18.1 Å². The molecule has 2 aromatic rings. The molecule has 24 heavy (non-hydrogen) atoms. The summed E-state index contributed by atoms with van der Waals surface area (Å²) < 4.78 is 9.94. The van der Waals surface area contributed by atoms with E-state index in [0.717, 1.165) is 5.56 Å². The fraction of sp³-hybridized carbons (Fsp3) is 0.333. The molecule has 1 heterocycles. The number of anilines is 2. The minimum absolute atomic E-state index is 0.110. The van der Waals surface area contributed by atoms with E-state index in [1.54, 1.807) is 19.1 Å². The standard InChI is InChI=1S/C15H19N5O4/c1-4-24-15(22)18-13-8-16-20(19-13)9-14(21)17-11-7-10(2)5-6-12(11)23-3/h5-8H,4,9H2,1-3H3,(H,17,21)(H,18,19,22). The highest BCUT2D eigenvalue weighted by Crippen LogP contribution is 2.25. The Kier molecular flexibility index (Phi) is 5.72. The molecule has 0 saturated carbocycles. The minimum atomic E-state index is -0.626. The molecule has 0 unspecified atom stereocenters. The van der Waals surface area contributed by atoms with Crippen LogP contribution in [0.1, 0.15) is 12.5 Å². The highest BCUT2D eigenvalue weighted by Gasteiger charge is 2.11. The lowest BCUT2D eigenvalue weighted by Gasteiger charge is -2.10. The normalized spacial score (nSPS) is 10.1. The first-order chi connectivity index (χ1) is 11.5. The molecular weight excluding hydrogens is 314 g/mol. The molecule has 1 aromatic carbocycles. The zero-order valence-electron chi connectivity index (χ0n) is 13.7. The molecule has 0 fully saturated rings. The summed E-state index contributed by atoms with van der Waals surface area (Å²) in [4.78, 5) is 24.6. The first-order valence-corrected chi connectivity index (χ1v) is 7.30. The van der Waals surface area contributed by atoms with Gasteiger partial charge in [-0.25, -0.2) is 4.79 Å². The van der Waals surface area contributed by atoms with E-state index < -0.39 is 6.09 Å². The number of carbonyl (C=O) groups is 2. The highest BCUT2D eigenvalue weighted by molar-refractivity contribution is 5.92. The van der Waals surface area contributed by atoms with Gasteiger partial charge in [-0.3, -0.25) is 10.1 Å². The molecule has 1 aromatic heterocycles. The van der Waals surface area contributed by atoms with E-state index in [1.807, 2.05) is 13.0 Å². The van der Waals surface area contributed by atoms with Gasteiger partial charge < -0.3 is 14.8 Å². The first kappa shape index (κ1) is 17.3. The first-order valence-electron chi connectivity index (χ1n) is 7.30. The van der Waals surface area contributed by atoms with Gasteiger partial charge in [0.1, 0.15) is 12.3 Å². The summed E-state index contributed by atoms with van der Waals surface area (Å²) in [6.45, 7) is 3.75. The largest absolute Gasteiger partial charge is 0.495 e. The summed E-state index contributed by atoms with van der Waals surface area (Å²) in [7, 11) is 1.53. The second-order valence-corrected chi connectivity index (χ2v) is 4.86. The molecule has 0 aliphatic heterocycles. The molecule has 2 rings (SSSR count). The quantitative estimate of drug-likeness (QED) is 0.834. The van der Waals surface area contributed by atoms with Gasteiger partial charge in [0.25, 0.3) is 0 Å². The van der Waals surface area contributed by atoms with Gasteiger partial charge in [-0.05, 0) is 31.5 Å². The summed E-state index contributed by atoms with van der Waals surface area (Å²) in [5.41, 5.74) is 1.56. The van der Waals surface area contributed by atoms with Crippen LogP contribution in [-0.2, 0) is 16.1 Å². The maximum absolute atomic E-state index is 12.1. The Balaban J connectivity index is 1.97. The Morgan fingerprint density at radius 3 is 2.79 bits per heavy atom. The van der Waals surface area contributed by atoms with Crippen LogP contribution in [0, 0.1) is 6.92 Å². The molecule has 0 atom stereocenters. The Bertz CT molecular complexity index is 728. The molecule has 9 nitrogen and oxygen atoms in total. The number of benzene rings is 1. The van der Waals surface area contributed by atoms with Crippen LogP contribution in [0.25, 0.3) is 0 Å². The molecule has 0 saturated heterocycles. The number of ether oxygens (including phenoxy) is 2. The molecule has 0 spiro atoms. The van der Waals surface area contributed by atoms with Gasteiger partial charge in [-0.15, -0.1) is 5.10 Å². The second kappa shape index (κ2) is 7.95. The van der Waals surface area contributed by atoms with Crippen LogP contribution >= 0.6 is 0 Å². The molecule has 2 amide bonds. The van der Waals surface area contributed by atoms with E-state index in [2.05, 4.69) is 20.8 Å². The van der Waals surface area contributed by atoms with Crippen molar-refractivity contribution in [1.29, 1.82) is 0 Å². The van der Waals surface area contributed by atoms with Crippen LogP contribution in [0.15, 0.2) is 24.4 Å². The molecule has 0 aliphatic rings. The van der Waals surface area contributed by atoms with Crippen molar-refractivity contribution < 1.29 is 19.1 Å². The number of amides is 2. The lowest BCUT2D eigenvalue weighted by molar-refractivity contribution is -0.117. The molecular formula is C15H19N5O4. The van der Waals surface area contributed by atoms with Gasteiger partial charge in [0, 0.05) is 0 Å². The highest BCUT2D eigenvalue weighted by atomic mass is 16.5. The average Bonchev–Trinajstić information content (AvgIpc) is 2.94. The predicted molar refractivity (Wildman–Crippen MR) is 87.0 cm³/mol. The number of methoxy groups -OCH3 is 1. The van der Waals surface area contributed by atoms with Crippen molar-refractivity contribution in [2.75, 3.05) is 24.4 Å². The molecule has 0 radical (unpaired) electrons. The van der Waals surface area contributed by atoms with E-state index in [4.69, 9.17) is 9.47 Å². The van der Waals surface area contributed by atoms with Crippen molar-refractivity contribution in [3.8, 4) is 5.75 Å². The zero-order chi connectivity index (χ0) is 17.5. The lowest BCUT2D eigenvalue weighted by Crippen LogP contribution is -2.21. The number of carbonyl (C=O) groups excluding carboxylic acids is 2. The fourth-order valence-corrected chi connectivity index (χ4v) is 1.94. The van der Waals surface area contributed by atoms with E-state index in [-0.39, 0.29) is 24.9 Å². The van der Waals surface area contributed by atoms with Crippen LogP contribution in [0.2, 0.25) is 0 Å². The maximum Gasteiger partial charge on any atom is 0.412 e. The Morgan fingerprint density at radius 1 is 1.29 bits per heavy atom. The minimum Gasteiger partial charge on any atom is -0.495 e. The van der Waals surface area contributed by atoms with Crippen molar-refractivity contribution in [2.45, 2.75) is 20.4 Å². The number of hydrogen-bond acceptors (Lipinski definition) is 6. The number of aromatic nitrogens is 3. The molecule has 0 bridgehead atoms. The van der Waals surface area contributed by atoms with E-state index in [9.17, 15) is 9.59 Å². The van der Waals surface area contributed by atoms with Gasteiger partial charge in [0.05, 0.1) is 25.6 Å². The number of rotatable bonds is 6. The SMILES string of the molecule is CCOC(=O)Nc1cnn(CC(=O)Nc2cc(C)ccc2OC)n1. The van der Waals surface area contributed by atoms with Gasteiger partial charge >= 0.3 is 6.09 Å². The van der Waals surface area contributed by atoms with Crippen molar-refractivity contribution >= 4 is 23.5 Å². The zero-order valence-corrected chi connectivity index (χ0v) is 13.7. The van der Waals surface area contributed by atoms with Gasteiger partial charge in [0.2, 0.25) is 5.91 Å². The third kappa shape index (κ3) is 4.70. The third-order valence-corrected chi connectivity index (χ3v) is 2.96. The van der Waals surface area contributed by atoms with E-state index in [0.29, 0.717) is 11.4 Å². The number of hydrogen-bond donors (Lipinski definition) is 2. The molecule has 0 aliphatic carbocycles. The van der Waals surface area contributed by atoms with Crippen LogP contribution in [-0.4, -0.2) is 40.7 Å². The topological polar surface area (TPSA) is 107 Å². The van der Waals surface area contributed by atoms with Crippen LogP contribution in [0.3, 0.4) is 0 Å². The van der Waals surface area contributed by atoms with Crippen LogP contribution in [0.5, 0.6) is 5.75 Å². The van der Waals surface area contributed by atoms with Gasteiger partial charge in [-0.2, -0.15) is 9.90 Å². The Morgan fingerprint density at radius 2 is 2.08 bits per heavy atom. The summed E-state index contributed by atoms with van der Waals surface area (Å²) >= 11 is 0. The average molecular weight is 333 g/mol. The predicted octanol–water partition coefficient (Wildman–Crippen LogP) is 1.80. The molecule has 2 N–H and O–H groups in total. The van der Waals surface area contributed by atoms with E-state index >= 15 is 0 Å². The number of aryl methyl sites for hydroxylation is 1. The summed E-state index contributed by atoms with van der Waals surface area (Å²) in [5.74, 6) is 0.443. The summed E-state index contributed by atoms with van der Waals surface area (Å²) in [5, 5.41) is 13.0. The Labute approximate surface area is 138 Å². The van der Waals surface area contributed by atoms with Crippen molar-refractivity contribution in [3.05, 3.63) is 30.0 Å². The van der Waals surface area contributed by atoms with Crippen LogP contribution < -0.4 is 15.4 Å². The summed E-state index contributed by atoms with van der Waals surface area (Å²) in [6, 6.07) is 5.47. The lowest BCUT2D eigenvalue weighted by atomic mass is 10.2. The number of nitrogens with one attached hydrogen (secondary N) is 2.